The molecule has 0 unspecified atom stereocenters. The predicted molar refractivity (Wildman–Crippen MR) is 74.3 cm³/mol. The molecule has 0 atom stereocenters. The van der Waals surface area contributed by atoms with Crippen LogP contribution in [0.3, 0.4) is 0 Å². The summed E-state index contributed by atoms with van der Waals surface area (Å²) in [6.07, 6.45) is 3.93. The Kier molecular flexibility index (Phi) is 6.54. The minimum absolute atomic E-state index is 0.496. The zero-order chi connectivity index (χ0) is 13.4. The van der Waals surface area contributed by atoms with Crippen molar-refractivity contribution in [2.45, 2.75) is 20.8 Å². The fourth-order valence-corrected chi connectivity index (χ4v) is 1.57. The quantitative estimate of drug-likeness (QED) is 0.751. The maximum atomic E-state index is 5.02. The van der Waals surface area contributed by atoms with Gasteiger partial charge in [0.2, 0.25) is 0 Å². The highest BCUT2D eigenvalue weighted by Crippen LogP contribution is 2.12. The van der Waals surface area contributed by atoms with E-state index in [1.165, 1.54) is 5.57 Å². The Bertz CT molecular complexity index is 388. The Morgan fingerprint density at radius 1 is 1.50 bits per heavy atom. The molecule has 0 radical (unpaired) electrons. The molecule has 4 nitrogen and oxygen atoms in total. The number of rotatable bonds is 7. The van der Waals surface area contributed by atoms with Crippen molar-refractivity contribution in [3.8, 4) is 0 Å². The van der Waals surface area contributed by atoms with Crippen LogP contribution in [0.25, 0.3) is 6.08 Å². The van der Waals surface area contributed by atoms with Crippen molar-refractivity contribution in [2.75, 3.05) is 26.8 Å². The average Bonchev–Trinajstić information content (AvgIpc) is 2.33. The number of nitrogens with zero attached hydrogens (tertiary/aromatic N) is 2. The molecule has 1 heterocycles. The molecule has 0 aliphatic rings. The lowest BCUT2D eigenvalue weighted by molar-refractivity contribution is 0.200. The SMILES string of the molecule is COCCNC/C(=C/c1ccnc(C)n1)C(C)C. The summed E-state index contributed by atoms with van der Waals surface area (Å²) >= 11 is 0. The fourth-order valence-electron chi connectivity index (χ4n) is 1.57. The molecular weight excluding hydrogens is 226 g/mol. The second-order valence-electron chi connectivity index (χ2n) is 4.57. The molecule has 1 rings (SSSR count). The molecule has 0 saturated carbocycles. The van der Waals surface area contributed by atoms with Crippen molar-refractivity contribution in [2.24, 2.45) is 5.92 Å². The minimum Gasteiger partial charge on any atom is -0.383 e. The van der Waals surface area contributed by atoms with Crippen LogP contribution in [0.4, 0.5) is 0 Å². The first-order valence-electron chi connectivity index (χ1n) is 6.33. The largest absolute Gasteiger partial charge is 0.383 e. The topological polar surface area (TPSA) is 47.0 Å². The van der Waals surface area contributed by atoms with Crippen LogP contribution in [0, 0.1) is 12.8 Å². The van der Waals surface area contributed by atoms with E-state index in [9.17, 15) is 0 Å². The Morgan fingerprint density at radius 2 is 2.28 bits per heavy atom. The van der Waals surface area contributed by atoms with Crippen molar-refractivity contribution in [3.63, 3.8) is 0 Å². The maximum absolute atomic E-state index is 5.02. The minimum atomic E-state index is 0.496. The van der Waals surface area contributed by atoms with Crippen LogP contribution in [-0.2, 0) is 4.74 Å². The van der Waals surface area contributed by atoms with E-state index in [2.05, 4.69) is 35.2 Å². The lowest BCUT2D eigenvalue weighted by atomic mass is 10.0. The standard InChI is InChI=1S/C14H23N3O/c1-11(2)13(10-15-7-8-18-4)9-14-5-6-16-12(3)17-14/h5-6,9,11,15H,7-8,10H2,1-4H3/b13-9-. The summed E-state index contributed by atoms with van der Waals surface area (Å²) in [4.78, 5) is 8.51. The van der Waals surface area contributed by atoms with E-state index >= 15 is 0 Å². The molecule has 0 fully saturated rings. The van der Waals surface area contributed by atoms with E-state index in [1.54, 1.807) is 13.3 Å². The number of aromatic nitrogens is 2. The Morgan fingerprint density at radius 3 is 2.89 bits per heavy atom. The van der Waals surface area contributed by atoms with Crippen LogP contribution in [0.2, 0.25) is 0 Å². The van der Waals surface area contributed by atoms with E-state index in [0.717, 1.165) is 31.2 Å². The molecule has 0 amide bonds. The second-order valence-corrected chi connectivity index (χ2v) is 4.57. The number of methoxy groups -OCH3 is 1. The maximum Gasteiger partial charge on any atom is 0.125 e. The molecule has 1 aromatic rings. The fraction of sp³-hybridized carbons (Fsp3) is 0.571. The summed E-state index contributed by atoms with van der Waals surface area (Å²) in [5, 5.41) is 3.37. The molecule has 0 aliphatic carbocycles. The van der Waals surface area contributed by atoms with Crippen LogP contribution in [-0.4, -0.2) is 36.8 Å². The third-order valence-electron chi connectivity index (χ3n) is 2.68. The molecule has 0 bridgehead atoms. The first-order chi connectivity index (χ1) is 8.63. The molecule has 100 valence electrons. The number of ether oxygens (including phenoxy) is 1. The van der Waals surface area contributed by atoms with Gasteiger partial charge in [0.25, 0.3) is 0 Å². The van der Waals surface area contributed by atoms with Gasteiger partial charge in [-0.3, -0.25) is 0 Å². The monoisotopic (exact) mass is 249 g/mol. The number of hydrogen-bond donors (Lipinski definition) is 1. The average molecular weight is 249 g/mol. The van der Waals surface area contributed by atoms with Gasteiger partial charge in [-0.25, -0.2) is 9.97 Å². The zero-order valence-corrected chi connectivity index (χ0v) is 11.7. The van der Waals surface area contributed by atoms with Crippen molar-refractivity contribution >= 4 is 6.08 Å². The van der Waals surface area contributed by atoms with Crippen LogP contribution in [0.1, 0.15) is 25.4 Å². The van der Waals surface area contributed by atoms with Gasteiger partial charge in [0, 0.05) is 26.4 Å². The van der Waals surface area contributed by atoms with Crippen LogP contribution in [0.15, 0.2) is 17.8 Å². The van der Waals surface area contributed by atoms with Crippen LogP contribution >= 0.6 is 0 Å². The highest BCUT2D eigenvalue weighted by Gasteiger charge is 2.04. The lowest BCUT2D eigenvalue weighted by Crippen LogP contribution is -2.23. The molecule has 4 heteroatoms. The van der Waals surface area contributed by atoms with E-state index in [1.807, 2.05) is 13.0 Å². The molecule has 1 aromatic heterocycles. The van der Waals surface area contributed by atoms with E-state index < -0.39 is 0 Å². The van der Waals surface area contributed by atoms with Gasteiger partial charge < -0.3 is 10.1 Å². The molecular formula is C14H23N3O. The number of hydrogen-bond acceptors (Lipinski definition) is 4. The second kappa shape index (κ2) is 7.95. The van der Waals surface area contributed by atoms with Gasteiger partial charge in [-0.15, -0.1) is 0 Å². The van der Waals surface area contributed by atoms with Gasteiger partial charge in [0.15, 0.2) is 0 Å². The highest BCUT2D eigenvalue weighted by molar-refractivity contribution is 5.49. The van der Waals surface area contributed by atoms with Gasteiger partial charge in [-0.2, -0.15) is 0 Å². The van der Waals surface area contributed by atoms with E-state index in [4.69, 9.17) is 4.74 Å². The third-order valence-corrected chi connectivity index (χ3v) is 2.68. The van der Waals surface area contributed by atoms with E-state index in [-0.39, 0.29) is 0 Å². The molecule has 0 aromatic carbocycles. The van der Waals surface area contributed by atoms with Crippen LogP contribution < -0.4 is 5.32 Å². The zero-order valence-electron chi connectivity index (χ0n) is 11.7. The summed E-state index contributed by atoms with van der Waals surface area (Å²) in [6, 6.07) is 1.94. The molecule has 0 aliphatic heterocycles. The Labute approximate surface area is 109 Å². The Hall–Kier alpha value is -1.26. The first kappa shape index (κ1) is 14.8. The van der Waals surface area contributed by atoms with Gasteiger partial charge in [0.05, 0.1) is 12.3 Å². The lowest BCUT2D eigenvalue weighted by Gasteiger charge is -2.12. The van der Waals surface area contributed by atoms with Crippen molar-refractivity contribution in [3.05, 3.63) is 29.4 Å². The van der Waals surface area contributed by atoms with Gasteiger partial charge in [-0.05, 0) is 25.0 Å². The summed E-state index contributed by atoms with van der Waals surface area (Å²) in [7, 11) is 1.71. The van der Waals surface area contributed by atoms with Crippen LogP contribution in [0.5, 0.6) is 0 Å². The van der Waals surface area contributed by atoms with Crippen molar-refractivity contribution in [1.82, 2.24) is 15.3 Å². The highest BCUT2D eigenvalue weighted by atomic mass is 16.5. The predicted octanol–water partition coefficient (Wildman–Crippen LogP) is 2.06. The molecule has 0 saturated heterocycles. The number of aryl methyl sites for hydroxylation is 1. The summed E-state index contributed by atoms with van der Waals surface area (Å²) in [6.45, 7) is 8.75. The number of nitrogens with one attached hydrogen (secondary N) is 1. The molecule has 1 N–H and O–H groups in total. The summed E-state index contributed by atoms with van der Waals surface area (Å²) in [5.41, 5.74) is 2.31. The third kappa shape index (κ3) is 5.38. The summed E-state index contributed by atoms with van der Waals surface area (Å²) < 4.78 is 5.02. The van der Waals surface area contributed by atoms with Gasteiger partial charge in [0.1, 0.15) is 5.82 Å². The first-order valence-corrected chi connectivity index (χ1v) is 6.33. The van der Waals surface area contributed by atoms with Crippen molar-refractivity contribution in [1.29, 1.82) is 0 Å². The Balaban J connectivity index is 2.66. The van der Waals surface area contributed by atoms with E-state index in [0.29, 0.717) is 5.92 Å². The van der Waals surface area contributed by atoms with Gasteiger partial charge in [-0.1, -0.05) is 19.4 Å². The normalized spacial score (nSPS) is 12.2. The molecule has 18 heavy (non-hydrogen) atoms. The van der Waals surface area contributed by atoms with Gasteiger partial charge >= 0.3 is 0 Å². The smallest absolute Gasteiger partial charge is 0.125 e. The summed E-state index contributed by atoms with van der Waals surface area (Å²) in [5.74, 6) is 1.30. The van der Waals surface area contributed by atoms with Crippen molar-refractivity contribution < 1.29 is 4.74 Å². The molecule has 0 spiro atoms.